The third kappa shape index (κ3) is 2.77. The van der Waals surface area contributed by atoms with Gasteiger partial charge in [-0.2, -0.15) is 0 Å². The fraction of sp³-hybridized carbons (Fsp3) is 0. The molecule has 8 heteroatoms. The molecule has 1 amide bonds. The maximum Gasteiger partial charge on any atom is 0.323 e. The van der Waals surface area contributed by atoms with Crippen LogP contribution in [0, 0.1) is 0 Å². The largest absolute Gasteiger partial charge is 0.323 e. The molecule has 3 aromatic rings. The number of carbonyl (C=O) groups is 1. The Morgan fingerprint density at radius 1 is 1.14 bits per heavy atom. The van der Waals surface area contributed by atoms with Crippen LogP contribution < -0.4 is 11.0 Å². The van der Waals surface area contributed by atoms with Crippen molar-refractivity contribution in [1.82, 2.24) is 15.0 Å². The number of benzene rings is 1. The zero-order chi connectivity index (χ0) is 15.0. The Morgan fingerprint density at radius 2 is 1.86 bits per heavy atom. The number of imidazole rings is 1. The maximum atomic E-state index is 12.2. The van der Waals surface area contributed by atoms with Gasteiger partial charge >= 0.3 is 5.69 Å². The third-order valence-corrected chi connectivity index (χ3v) is 4.12. The Hall–Kier alpha value is -1.93. The Kier molecular flexibility index (Phi) is 3.64. The highest BCUT2D eigenvalue weighted by atomic mass is 79.9. The SMILES string of the molecule is O=C(Nc1cc2[nH]c(=O)[nH]c2cc1Br)c1ncccc1Br. The van der Waals surface area contributed by atoms with Gasteiger partial charge in [-0.05, 0) is 56.1 Å². The van der Waals surface area contributed by atoms with Crippen molar-refractivity contribution in [3.63, 3.8) is 0 Å². The average molecular weight is 412 g/mol. The van der Waals surface area contributed by atoms with Crippen molar-refractivity contribution in [1.29, 1.82) is 0 Å². The molecule has 2 heterocycles. The van der Waals surface area contributed by atoms with E-state index < -0.39 is 0 Å². The molecule has 0 bridgehead atoms. The van der Waals surface area contributed by atoms with E-state index in [0.29, 0.717) is 25.7 Å². The lowest BCUT2D eigenvalue weighted by Gasteiger charge is -2.08. The van der Waals surface area contributed by atoms with Gasteiger partial charge in [0.2, 0.25) is 0 Å². The first-order valence-electron chi connectivity index (χ1n) is 5.88. The van der Waals surface area contributed by atoms with Crippen molar-refractivity contribution in [3.8, 4) is 0 Å². The number of amides is 1. The highest BCUT2D eigenvalue weighted by Gasteiger charge is 2.14. The van der Waals surface area contributed by atoms with Crippen molar-refractivity contribution in [2.24, 2.45) is 0 Å². The molecule has 0 fully saturated rings. The molecule has 0 radical (unpaired) electrons. The zero-order valence-electron chi connectivity index (χ0n) is 10.4. The number of fused-ring (bicyclic) bond motifs is 1. The smallest absolute Gasteiger partial charge is 0.319 e. The van der Waals surface area contributed by atoms with E-state index in [2.05, 4.69) is 52.1 Å². The molecule has 3 N–H and O–H groups in total. The summed E-state index contributed by atoms with van der Waals surface area (Å²) in [5, 5.41) is 2.75. The number of aromatic nitrogens is 3. The minimum Gasteiger partial charge on any atom is -0.319 e. The van der Waals surface area contributed by atoms with Crippen LogP contribution in [0.5, 0.6) is 0 Å². The van der Waals surface area contributed by atoms with Crippen LogP contribution in [-0.2, 0) is 0 Å². The molecular formula is C13H8Br2N4O2. The number of aromatic amines is 2. The number of anilines is 1. The molecule has 0 spiro atoms. The van der Waals surface area contributed by atoms with Crippen molar-refractivity contribution >= 4 is 54.5 Å². The second kappa shape index (κ2) is 5.45. The second-order valence-corrected chi connectivity index (χ2v) is 5.95. The van der Waals surface area contributed by atoms with Gasteiger partial charge in [0.25, 0.3) is 5.91 Å². The molecule has 1 aromatic carbocycles. The summed E-state index contributed by atoms with van der Waals surface area (Å²) >= 11 is 6.65. The number of nitrogens with one attached hydrogen (secondary N) is 3. The molecule has 0 aliphatic heterocycles. The molecule has 0 atom stereocenters. The summed E-state index contributed by atoms with van der Waals surface area (Å²) in [6.07, 6.45) is 1.54. The summed E-state index contributed by atoms with van der Waals surface area (Å²) in [4.78, 5) is 32.8. The lowest BCUT2D eigenvalue weighted by Crippen LogP contribution is -2.14. The summed E-state index contributed by atoms with van der Waals surface area (Å²) in [6, 6.07) is 6.86. The van der Waals surface area contributed by atoms with E-state index in [1.165, 1.54) is 0 Å². The van der Waals surface area contributed by atoms with Gasteiger partial charge in [0, 0.05) is 15.1 Å². The van der Waals surface area contributed by atoms with Gasteiger partial charge in [0.15, 0.2) is 0 Å². The van der Waals surface area contributed by atoms with Gasteiger partial charge in [-0.25, -0.2) is 9.78 Å². The van der Waals surface area contributed by atoms with E-state index in [1.807, 2.05) is 0 Å². The highest BCUT2D eigenvalue weighted by Crippen LogP contribution is 2.27. The van der Waals surface area contributed by atoms with E-state index in [9.17, 15) is 9.59 Å². The lowest BCUT2D eigenvalue weighted by molar-refractivity contribution is 0.102. The predicted octanol–water partition coefficient (Wildman–Crippen LogP) is 3.03. The number of hydrogen-bond acceptors (Lipinski definition) is 3. The first-order valence-corrected chi connectivity index (χ1v) is 7.46. The summed E-state index contributed by atoms with van der Waals surface area (Å²) in [5.41, 5.74) is 1.79. The van der Waals surface area contributed by atoms with Crippen LogP contribution in [0.1, 0.15) is 10.5 Å². The number of nitrogens with zero attached hydrogens (tertiary/aromatic N) is 1. The topological polar surface area (TPSA) is 90.6 Å². The van der Waals surface area contributed by atoms with Crippen molar-refractivity contribution < 1.29 is 4.79 Å². The number of H-pyrrole nitrogens is 2. The molecule has 0 unspecified atom stereocenters. The Morgan fingerprint density at radius 3 is 2.57 bits per heavy atom. The average Bonchev–Trinajstić information content (AvgIpc) is 2.78. The summed E-state index contributed by atoms with van der Waals surface area (Å²) in [7, 11) is 0. The number of hydrogen-bond donors (Lipinski definition) is 3. The Bertz CT molecular complexity index is 901. The van der Waals surface area contributed by atoms with Crippen LogP contribution in [0.4, 0.5) is 5.69 Å². The van der Waals surface area contributed by atoms with Gasteiger partial charge < -0.3 is 15.3 Å². The van der Waals surface area contributed by atoms with E-state index in [4.69, 9.17) is 0 Å². The van der Waals surface area contributed by atoms with Gasteiger partial charge in [-0.1, -0.05) is 0 Å². The number of carbonyl (C=O) groups excluding carboxylic acids is 1. The standard InChI is InChI=1S/C13H8Br2N4O2/c14-6-2-1-3-16-11(6)12(20)17-8-5-10-9(4-7(8)15)18-13(21)19-10/h1-5H,(H,17,20)(H2,18,19,21). The van der Waals surface area contributed by atoms with Crippen LogP contribution >= 0.6 is 31.9 Å². The fourth-order valence-electron chi connectivity index (χ4n) is 1.89. The number of halogens is 2. The lowest BCUT2D eigenvalue weighted by atomic mass is 10.2. The number of rotatable bonds is 2. The molecule has 21 heavy (non-hydrogen) atoms. The van der Waals surface area contributed by atoms with Gasteiger partial charge in [-0.15, -0.1) is 0 Å². The molecule has 0 saturated heterocycles. The molecule has 3 rings (SSSR count). The van der Waals surface area contributed by atoms with Gasteiger partial charge in [-0.3, -0.25) is 4.79 Å². The molecule has 6 nitrogen and oxygen atoms in total. The Balaban J connectivity index is 1.98. The van der Waals surface area contributed by atoms with Crippen LogP contribution in [0.3, 0.4) is 0 Å². The minimum absolute atomic E-state index is 0.284. The highest BCUT2D eigenvalue weighted by molar-refractivity contribution is 9.11. The van der Waals surface area contributed by atoms with Crippen LogP contribution in [0.15, 0.2) is 44.2 Å². The molecule has 106 valence electrons. The van der Waals surface area contributed by atoms with E-state index in [1.54, 1.807) is 30.5 Å². The maximum absolute atomic E-state index is 12.2. The minimum atomic E-state index is -0.347. The first kappa shape index (κ1) is 14.0. The number of pyridine rings is 1. The molecule has 0 aliphatic carbocycles. The van der Waals surface area contributed by atoms with Crippen molar-refractivity contribution in [3.05, 3.63) is 55.6 Å². The quantitative estimate of drug-likeness (QED) is 0.605. The normalized spacial score (nSPS) is 10.8. The first-order chi connectivity index (χ1) is 10.0. The monoisotopic (exact) mass is 410 g/mol. The predicted molar refractivity (Wildman–Crippen MR) is 86.5 cm³/mol. The fourth-order valence-corrected chi connectivity index (χ4v) is 2.76. The Labute approximate surface area is 135 Å². The summed E-state index contributed by atoms with van der Waals surface area (Å²) in [5.74, 6) is -0.347. The van der Waals surface area contributed by atoms with Gasteiger partial charge in [0.1, 0.15) is 5.69 Å². The summed E-state index contributed by atoms with van der Waals surface area (Å²) < 4.78 is 1.26. The molecule has 0 aliphatic rings. The van der Waals surface area contributed by atoms with Crippen LogP contribution in [-0.4, -0.2) is 20.9 Å². The van der Waals surface area contributed by atoms with E-state index in [0.717, 1.165) is 0 Å². The van der Waals surface area contributed by atoms with Crippen molar-refractivity contribution in [2.45, 2.75) is 0 Å². The molecular weight excluding hydrogens is 404 g/mol. The van der Waals surface area contributed by atoms with Crippen molar-refractivity contribution in [2.75, 3.05) is 5.32 Å². The van der Waals surface area contributed by atoms with Crippen LogP contribution in [0.2, 0.25) is 0 Å². The van der Waals surface area contributed by atoms with Gasteiger partial charge in [0.05, 0.1) is 16.7 Å². The van der Waals surface area contributed by atoms with Crippen LogP contribution in [0.25, 0.3) is 11.0 Å². The third-order valence-electron chi connectivity index (χ3n) is 2.83. The zero-order valence-corrected chi connectivity index (χ0v) is 13.6. The molecule has 2 aromatic heterocycles. The van der Waals surface area contributed by atoms with E-state index in [-0.39, 0.29) is 17.3 Å². The summed E-state index contributed by atoms with van der Waals surface area (Å²) in [6.45, 7) is 0. The van der Waals surface area contributed by atoms with E-state index >= 15 is 0 Å². The molecule has 0 saturated carbocycles. The second-order valence-electron chi connectivity index (χ2n) is 4.24.